The Kier molecular flexibility index (Phi) is 6.59. The molecule has 0 fully saturated rings. The number of benzene rings is 4. The van der Waals surface area contributed by atoms with Gasteiger partial charge in [-0.3, -0.25) is 24.0 Å². The number of nitrogens with two attached hydrogens (primary N) is 1. The van der Waals surface area contributed by atoms with Crippen LogP contribution in [0.25, 0.3) is 16.5 Å². The molecule has 210 valence electrons. The molecule has 5 aromatic rings. The monoisotopic (exact) mass is 601 g/mol. The number of phenols is 1. The summed E-state index contributed by atoms with van der Waals surface area (Å²) >= 11 is 1.06. The van der Waals surface area contributed by atoms with E-state index in [0.29, 0.717) is 22.2 Å². The molecule has 13 nitrogen and oxygen atoms in total. The number of hydrogen-bond acceptors (Lipinski definition) is 10. The summed E-state index contributed by atoms with van der Waals surface area (Å²) in [6.45, 7) is 0. The molecule has 0 unspecified atom stereocenters. The van der Waals surface area contributed by atoms with Crippen molar-refractivity contribution in [2.45, 2.75) is 10.1 Å². The number of amides is 3. The van der Waals surface area contributed by atoms with Crippen LogP contribution in [0.1, 0.15) is 31.1 Å². The molecule has 1 aliphatic heterocycles. The lowest BCUT2D eigenvalue weighted by atomic mass is 10.0. The van der Waals surface area contributed by atoms with Crippen molar-refractivity contribution in [1.29, 1.82) is 0 Å². The van der Waals surface area contributed by atoms with E-state index in [-0.39, 0.29) is 38.3 Å². The number of anilines is 1. The van der Waals surface area contributed by atoms with E-state index in [1.54, 1.807) is 48.5 Å². The highest BCUT2D eigenvalue weighted by atomic mass is 32.2. The fourth-order valence-electron chi connectivity index (χ4n) is 4.51. The first kappa shape index (κ1) is 26.9. The van der Waals surface area contributed by atoms with Gasteiger partial charge in [0.2, 0.25) is 5.16 Å². The van der Waals surface area contributed by atoms with E-state index >= 15 is 0 Å². The number of hydrogen-bond donors (Lipinski definition) is 3. The highest BCUT2D eigenvalue weighted by Crippen LogP contribution is 2.35. The van der Waals surface area contributed by atoms with E-state index in [1.807, 2.05) is 0 Å². The second-order valence-corrected chi connectivity index (χ2v) is 11.7. The van der Waals surface area contributed by atoms with Crippen LogP contribution >= 0.6 is 11.8 Å². The van der Waals surface area contributed by atoms with E-state index in [4.69, 9.17) is 5.73 Å². The van der Waals surface area contributed by atoms with Gasteiger partial charge in [-0.1, -0.05) is 48.2 Å². The molecule has 4 N–H and O–H groups in total. The van der Waals surface area contributed by atoms with Gasteiger partial charge in [0.25, 0.3) is 27.7 Å². The normalized spacial score (nSPS) is 13.0. The molecule has 3 amide bonds. The van der Waals surface area contributed by atoms with E-state index in [9.17, 15) is 27.9 Å². The first-order chi connectivity index (χ1) is 20.2. The van der Waals surface area contributed by atoms with E-state index in [1.165, 1.54) is 35.0 Å². The van der Waals surface area contributed by atoms with Gasteiger partial charge in [0.1, 0.15) is 5.75 Å². The third kappa shape index (κ3) is 4.59. The fraction of sp³-hybridized carbons (Fsp3) is 0.0370. The minimum absolute atomic E-state index is 0.0308. The summed E-state index contributed by atoms with van der Waals surface area (Å²) in [6, 6.07) is 19.8. The van der Waals surface area contributed by atoms with E-state index in [2.05, 4.69) is 20.2 Å². The van der Waals surface area contributed by atoms with Crippen LogP contribution in [0.15, 0.2) is 88.9 Å². The third-order valence-corrected chi connectivity index (χ3v) is 8.84. The maximum absolute atomic E-state index is 13.3. The Morgan fingerprint density at radius 2 is 1.55 bits per heavy atom. The van der Waals surface area contributed by atoms with Crippen LogP contribution in [-0.2, 0) is 10.0 Å². The number of nitrogens with one attached hydrogen (secondary N) is 1. The van der Waals surface area contributed by atoms with Crippen LogP contribution in [0.5, 0.6) is 5.75 Å². The molecule has 42 heavy (non-hydrogen) atoms. The van der Waals surface area contributed by atoms with Crippen molar-refractivity contribution in [3.05, 3.63) is 95.6 Å². The molecular formula is C27H19N7O6S2. The fourth-order valence-corrected chi connectivity index (χ4v) is 6.42. The maximum atomic E-state index is 13.3. The van der Waals surface area contributed by atoms with E-state index in [0.717, 1.165) is 16.7 Å². The van der Waals surface area contributed by atoms with Gasteiger partial charge in [-0.15, -0.1) is 5.10 Å². The first-order valence-electron chi connectivity index (χ1n) is 12.2. The lowest BCUT2D eigenvalue weighted by molar-refractivity contribution is 0.0683. The average Bonchev–Trinajstić information content (AvgIpc) is 3.55. The standard InChI is InChI=1S/C27H19N7O6S2/c28-24(36)21-13-22(17-5-1-2-6-18(17)23(21)35)30-42(39,40)16-11-9-15(10-12-16)34-27(29-31-32-34)41-14-33-25(37)19-7-3-4-8-20(19)26(33)38/h1-13,30,35H,14H2,(H2,28,36). The SMILES string of the molecule is NC(=O)c1cc(NS(=O)(=O)c2ccc(-n3nnnc3SCN3C(=O)c4ccccc4C3=O)cc2)c2ccccc2c1O. The van der Waals surface area contributed by atoms with Crippen molar-refractivity contribution >= 4 is 56.0 Å². The average molecular weight is 602 g/mol. The minimum Gasteiger partial charge on any atom is -0.506 e. The second kappa shape index (κ2) is 10.3. The summed E-state index contributed by atoms with van der Waals surface area (Å²) in [7, 11) is -4.15. The summed E-state index contributed by atoms with van der Waals surface area (Å²) in [5, 5.41) is 22.9. The van der Waals surface area contributed by atoms with Crippen molar-refractivity contribution in [2.75, 3.05) is 10.6 Å². The molecule has 4 aromatic carbocycles. The molecule has 0 radical (unpaired) electrons. The number of imide groups is 1. The van der Waals surface area contributed by atoms with Crippen LogP contribution in [-0.4, -0.2) is 62.2 Å². The number of carbonyl (C=O) groups is 3. The maximum Gasteiger partial charge on any atom is 0.262 e. The second-order valence-electron chi connectivity index (χ2n) is 9.06. The molecule has 0 aliphatic carbocycles. The molecule has 1 aliphatic rings. The van der Waals surface area contributed by atoms with Crippen molar-refractivity contribution in [3.63, 3.8) is 0 Å². The van der Waals surface area contributed by atoms with Crippen molar-refractivity contribution in [2.24, 2.45) is 5.73 Å². The Hall–Kier alpha value is -5.28. The number of carbonyl (C=O) groups excluding carboxylic acids is 3. The molecule has 1 aromatic heterocycles. The number of tetrazole rings is 1. The predicted molar refractivity (Wildman–Crippen MR) is 152 cm³/mol. The summed E-state index contributed by atoms with van der Waals surface area (Å²) in [5.74, 6) is -2.11. The zero-order valence-corrected chi connectivity index (χ0v) is 23.0. The van der Waals surface area contributed by atoms with Crippen LogP contribution < -0.4 is 10.5 Å². The molecule has 0 saturated heterocycles. The van der Waals surface area contributed by atoms with Crippen molar-refractivity contribution < 1.29 is 27.9 Å². The number of primary amides is 1. The highest BCUT2D eigenvalue weighted by molar-refractivity contribution is 7.99. The summed E-state index contributed by atoms with van der Waals surface area (Å²) in [5.41, 5.74) is 6.31. The summed E-state index contributed by atoms with van der Waals surface area (Å²) in [4.78, 5) is 38.2. The number of fused-ring (bicyclic) bond motifs is 2. The lowest BCUT2D eigenvalue weighted by Crippen LogP contribution is -2.29. The third-order valence-electron chi connectivity index (χ3n) is 6.56. The smallest absolute Gasteiger partial charge is 0.262 e. The number of nitrogens with zero attached hydrogens (tertiary/aromatic N) is 5. The van der Waals surface area contributed by atoms with Crippen LogP contribution in [0.2, 0.25) is 0 Å². The molecule has 2 heterocycles. The molecule has 6 rings (SSSR count). The predicted octanol–water partition coefficient (Wildman–Crippen LogP) is 2.77. The van der Waals surface area contributed by atoms with Gasteiger partial charge in [0.15, 0.2) is 0 Å². The molecule has 0 bridgehead atoms. The Labute approximate surface area is 242 Å². The van der Waals surface area contributed by atoms with Crippen molar-refractivity contribution in [1.82, 2.24) is 25.1 Å². The van der Waals surface area contributed by atoms with Crippen molar-refractivity contribution in [3.8, 4) is 11.4 Å². The molecule has 15 heteroatoms. The molecule has 0 atom stereocenters. The Morgan fingerprint density at radius 3 is 2.19 bits per heavy atom. The Balaban J connectivity index is 1.22. The zero-order chi connectivity index (χ0) is 29.6. The minimum atomic E-state index is -4.15. The molecule has 0 saturated carbocycles. The van der Waals surface area contributed by atoms with Crippen LogP contribution in [0.4, 0.5) is 5.69 Å². The quantitative estimate of drug-likeness (QED) is 0.135. The van der Waals surface area contributed by atoms with Gasteiger partial charge in [-0.05, 0) is 52.9 Å². The van der Waals surface area contributed by atoms with Gasteiger partial charge in [-0.25, -0.2) is 8.42 Å². The van der Waals surface area contributed by atoms with Gasteiger partial charge < -0.3 is 10.8 Å². The summed E-state index contributed by atoms with van der Waals surface area (Å²) in [6.07, 6.45) is 0. The van der Waals surface area contributed by atoms with Gasteiger partial charge >= 0.3 is 0 Å². The zero-order valence-electron chi connectivity index (χ0n) is 21.3. The Morgan fingerprint density at radius 1 is 0.929 bits per heavy atom. The number of thioether (sulfide) groups is 1. The van der Waals surface area contributed by atoms with E-state index < -0.39 is 27.7 Å². The Bertz CT molecular complexity index is 1990. The van der Waals surface area contributed by atoms with Crippen LogP contribution in [0, 0.1) is 0 Å². The number of aromatic hydroxyl groups is 1. The highest BCUT2D eigenvalue weighted by Gasteiger charge is 2.35. The number of rotatable bonds is 8. The number of aromatic nitrogens is 4. The molecule has 0 spiro atoms. The topological polar surface area (TPSA) is 190 Å². The van der Waals surface area contributed by atoms with Gasteiger partial charge in [-0.2, -0.15) is 4.68 Å². The lowest BCUT2D eigenvalue weighted by Gasteiger charge is -2.14. The summed E-state index contributed by atoms with van der Waals surface area (Å²) < 4.78 is 30.4. The number of sulfonamides is 1. The van der Waals surface area contributed by atoms with Gasteiger partial charge in [0.05, 0.1) is 38.8 Å². The van der Waals surface area contributed by atoms with Gasteiger partial charge in [0, 0.05) is 10.8 Å². The molecular weight excluding hydrogens is 582 g/mol. The van der Waals surface area contributed by atoms with Crippen LogP contribution in [0.3, 0.4) is 0 Å². The first-order valence-corrected chi connectivity index (χ1v) is 14.7. The largest absolute Gasteiger partial charge is 0.506 e.